The van der Waals surface area contributed by atoms with Crippen LogP contribution in [-0.4, -0.2) is 35.4 Å². The monoisotopic (exact) mass is 714 g/mol. The fourth-order valence-electron chi connectivity index (χ4n) is 3.14. The zero-order chi connectivity index (χ0) is 29.2. The molecule has 4 nitrogen and oxygen atoms in total. The molecule has 0 amide bonds. The second-order valence-corrected chi connectivity index (χ2v) is 19.7. The maximum Gasteiger partial charge on any atom is -0.112 e. The Morgan fingerprint density at radius 3 is 1.35 bits per heavy atom. The molecule has 0 N–H and O–H groups in total. The van der Waals surface area contributed by atoms with Crippen molar-refractivity contribution in [2.24, 2.45) is 10.8 Å². The molecule has 1 aromatic heterocycles. The predicted molar refractivity (Wildman–Crippen MR) is 148 cm³/mol. The number of allylic oxidation sites excluding steroid dienone is 7. The quantitative estimate of drug-likeness (QED) is 0.437. The first-order chi connectivity index (χ1) is 16.3. The molecule has 0 spiro atoms. The number of halogens is 1. The summed E-state index contributed by atoms with van der Waals surface area (Å²) in [5.74, 6) is 0. The van der Waals surface area contributed by atoms with E-state index in [1.807, 2.05) is 0 Å². The Morgan fingerprint density at radius 1 is 0.703 bits per heavy atom. The average molecular weight is 712 g/mol. The van der Waals surface area contributed by atoms with Crippen LogP contribution >= 0.6 is 0 Å². The van der Waals surface area contributed by atoms with Crippen molar-refractivity contribution in [1.82, 2.24) is 0 Å². The van der Waals surface area contributed by atoms with Crippen molar-refractivity contribution >= 4 is 41.5 Å². The summed E-state index contributed by atoms with van der Waals surface area (Å²) in [5.41, 5.74) is 5.04. The molecule has 1 aliphatic heterocycles. The minimum Gasteiger partial charge on any atom is -0.222 e. The summed E-state index contributed by atoms with van der Waals surface area (Å²) in [4.78, 5) is 0. The van der Waals surface area contributed by atoms with Gasteiger partial charge in [0.15, 0.2) is 0 Å². The fraction of sp³-hybridized carbons (Fsp3) is 0.567. The van der Waals surface area contributed by atoms with Crippen LogP contribution in [0.25, 0.3) is 6.08 Å². The van der Waals surface area contributed by atoms with Gasteiger partial charge in [0.05, 0.1) is 0 Å². The summed E-state index contributed by atoms with van der Waals surface area (Å²) in [6.07, 6.45) is 9.64. The summed E-state index contributed by atoms with van der Waals surface area (Å²) >= 11 is 0.158. The summed E-state index contributed by atoms with van der Waals surface area (Å²) < 4.78 is 40.5. The molecule has 0 aromatic carbocycles. The molecule has 0 saturated carbocycles. The van der Waals surface area contributed by atoms with E-state index in [1.54, 1.807) is 16.1 Å². The van der Waals surface area contributed by atoms with Crippen LogP contribution in [0.5, 0.6) is 0 Å². The van der Waals surface area contributed by atoms with E-state index in [9.17, 15) is 0 Å². The SMILES string of the molecule is CC(C=Cc1cc(C(C)(C)C)[te+]c(C(C)(C)C)c1)=C1C=C(C(C)(C)C)[Se]C(C(C)(C)C)=C1.[O-][Cl+3]([O-])([O-])[O-]. The van der Waals surface area contributed by atoms with E-state index < -0.39 is 10.2 Å². The van der Waals surface area contributed by atoms with Crippen LogP contribution in [0, 0.1) is 21.1 Å². The van der Waals surface area contributed by atoms with Crippen LogP contribution in [-0.2, 0) is 10.8 Å². The van der Waals surface area contributed by atoms with Crippen LogP contribution in [0.4, 0.5) is 0 Å². The van der Waals surface area contributed by atoms with Crippen LogP contribution in [0.15, 0.2) is 50.5 Å². The minimum atomic E-state index is -4.94. The zero-order valence-electron chi connectivity index (χ0n) is 24.8. The summed E-state index contributed by atoms with van der Waals surface area (Å²) in [6, 6.07) is 4.95. The van der Waals surface area contributed by atoms with Gasteiger partial charge in [-0.15, -0.1) is 10.2 Å². The normalized spacial score (nSPS) is 15.8. The zero-order valence-corrected chi connectivity index (χ0v) is 29.6. The average Bonchev–Trinajstić information content (AvgIpc) is 2.67. The van der Waals surface area contributed by atoms with Crippen LogP contribution in [0.1, 0.15) is 103 Å². The molecule has 2 rings (SSSR count). The molecule has 0 radical (unpaired) electrons. The van der Waals surface area contributed by atoms with Gasteiger partial charge in [-0.05, 0) is 0 Å². The Balaban J connectivity index is 0.00000124. The van der Waals surface area contributed by atoms with E-state index in [0.29, 0.717) is 15.0 Å². The molecule has 1 aliphatic rings. The third-order valence-corrected chi connectivity index (χ3v) is 15.0. The molecular weight excluding hydrogens is 666 g/mol. The molecule has 37 heavy (non-hydrogen) atoms. The van der Waals surface area contributed by atoms with Crippen molar-refractivity contribution in [2.75, 3.05) is 0 Å². The third-order valence-electron chi connectivity index (χ3n) is 5.55. The summed E-state index contributed by atoms with van der Waals surface area (Å²) in [6.45, 7) is 30.6. The van der Waals surface area contributed by atoms with Crippen LogP contribution in [0.3, 0.4) is 0 Å². The smallest absolute Gasteiger partial charge is 0.112 e. The van der Waals surface area contributed by atoms with Gasteiger partial charge in [-0.1, -0.05) is 0 Å². The van der Waals surface area contributed by atoms with Gasteiger partial charge in [-0.2, -0.15) is 0 Å². The van der Waals surface area contributed by atoms with Crippen LogP contribution in [0.2, 0.25) is 0 Å². The molecule has 0 unspecified atom stereocenters. The predicted octanol–water partition coefficient (Wildman–Crippen LogP) is 3.77. The number of hydrogen-bond donors (Lipinski definition) is 0. The maximum atomic E-state index is 8.49. The molecule has 0 aliphatic carbocycles. The topological polar surface area (TPSA) is 92.2 Å². The molecular formula is C30H45ClO4SeTe. The van der Waals surface area contributed by atoms with E-state index in [4.69, 9.17) is 18.6 Å². The maximum absolute atomic E-state index is 8.49. The second-order valence-electron chi connectivity index (χ2n) is 13.6. The minimum absolute atomic E-state index is 0.219. The van der Waals surface area contributed by atoms with Gasteiger partial charge in [0.1, 0.15) is 0 Å². The van der Waals surface area contributed by atoms with Gasteiger partial charge >= 0.3 is 216 Å². The van der Waals surface area contributed by atoms with Crippen molar-refractivity contribution in [2.45, 2.75) is 101 Å². The Morgan fingerprint density at radius 2 is 1.05 bits per heavy atom. The van der Waals surface area contributed by atoms with E-state index in [-0.39, 0.29) is 42.1 Å². The van der Waals surface area contributed by atoms with Crippen molar-refractivity contribution in [3.05, 3.63) is 63.2 Å². The van der Waals surface area contributed by atoms with Crippen LogP contribution < -0.4 is 18.6 Å². The van der Waals surface area contributed by atoms with Crippen molar-refractivity contribution < 1.29 is 28.9 Å². The molecule has 0 saturated heterocycles. The number of hydrogen-bond acceptors (Lipinski definition) is 4. The first kappa shape index (κ1) is 34.8. The Hall–Kier alpha value is -0.251. The Labute approximate surface area is 243 Å². The molecule has 7 heteroatoms. The first-order valence-electron chi connectivity index (χ1n) is 12.4. The second kappa shape index (κ2) is 12.5. The summed E-state index contributed by atoms with van der Waals surface area (Å²) in [5, 5.41) is 0. The van der Waals surface area contributed by atoms with E-state index in [1.165, 1.54) is 16.7 Å². The van der Waals surface area contributed by atoms with Gasteiger partial charge in [0, 0.05) is 0 Å². The Kier molecular flexibility index (Phi) is 11.8. The van der Waals surface area contributed by atoms with Crippen molar-refractivity contribution in [3.8, 4) is 0 Å². The number of rotatable bonds is 2. The van der Waals surface area contributed by atoms with Gasteiger partial charge in [-0.25, -0.2) is 18.6 Å². The van der Waals surface area contributed by atoms with E-state index >= 15 is 0 Å². The van der Waals surface area contributed by atoms with E-state index in [0.717, 1.165) is 0 Å². The largest absolute Gasteiger partial charge is 0.222 e. The molecule has 1 aromatic rings. The molecule has 2 heterocycles. The van der Waals surface area contributed by atoms with Gasteiger partial charge in [0.2, 0.25) is 0 Å². The third kappa shape index (κ3) is 12.6. The molecule has 208 valence electrons. The standard InChI is InChI=1S/C30H45SeTe.ClHO4/c1-20(22-18-23(27(2,3)4)31-24(19-22)28(5,6)7)14-15-21-16-25(29(8,9)10)32-26(17-21)30(11,12)13;2-1(3,4)5/h14-19H,1-13H3;(H,2,3,4,5)/q+1;/p-1. The van der Waals surface area contributed by atoms with Gasteiger partial charge < -0.3 is 0 Å². The molecule has 0 bridgehead atoms. The van der Waals surface area contributed by atoms with Gasteiger partial charge in [-0.3, -0.25) is 0 Å². The van der Waals surface area contributed by atoms with Crippen molar-refractivity contribution in [1.29, 1.82) is 0 Å². The fourth-order valence-corrected chi connectivity index (χ4v) is 9.24. The first-order valence-corrected chi connectivity index (χ1v) is 17.7. The van der Waals surface area contributed by atoms with Crippen molar-refractivity contribution in [3.63, 3.8) is 0 Å². The molecule has 0 atom stereocenters. The molecule has 0 fully saturated rings. The summed E-state index contributed by atoms with van der Waals surface area (Å²) in [7, 11) is -4.94. The Bertz CT molecular complexity index is 1010. The van der Waals surface area contributed by atoms with Gasteiger partial charge in [0.25, 0.3) is 0 Å². The van der Waals surface area contributed by atoms with E-state index in [2.05, 4.69) is 126 Å².